The van der Waals surface area contributed by atoms with Crippen LogP contribution in [0.4, 0.5) is 8.78 Å². The third-order valence-electron chi connectivity index (χ3n) is 8.39. The summed E-state index contributed by atoms with van der Waals surface area (Å²) >= 11 is 0. The minimum Gasteiger partial charge on any atom is -0.482 e. The summed E-state index contributed by atoms with van der Waals surface area (Å²) in [5, 5.41) is 9.27. The van der Waals surface area contributed by atoms with E-state index in [-0.39, 0.29) is 18.3 Å². The highest BCUT2D eigenvalue weighted by Gasteiger charge is 2.28. The fraction of sp³-hybridized carbons (Fsp3) is 0.471. The van der Waals surface area contributed by atoms with Crippen molar-refractivity contribution < 1.29 is 28.2 Å². The Morgan fingerprint density at radius 3 is 2.55 bits per heavy atom. The molecule has 3 aromatic rings. The van der Waals surface area contributed by atoms with Crippen molar-refractivity contribution in [3.05, 3.63) is 76.5 Å². The molecule has 224 valence electrons. The summed E-state index contributed by atoms with van der Waals surface area (Å²) in [7, 11) is 1.51. The maximum atomic E-state index is 15.5. The first-order valence-electron chi connectivity index (χ1n) is 15.0. The Morgan fingerprint density at radius 2 is 1.88 bits per heavy atom. The fourth-order valence-electron chi connectivity index (χ4n) is 5.65. The number of benzene rings is 2. The number of rotatable bonds is 8. The molecular weight excluding hydrogens is 538 g/mol. The van der Waals surface area contributed by atoms with Crippen LogP contribution in [0.5, 0.6) is 11.6 Å². The summed E-state index contributed by atoms with van der Waals surface area (Å²) in [5.74, 6) is -2.04. The number of likely N-dealkylation sites (tertiary alicyclic amines) is 1. The van der Waals surface area contributed by atoms with Crippen molar-refractivity contribution in [2.75, 3.05) is 13.7 Å². The number of carbonyl (C=O) groups is 1. The molecule has 3 aliphatic rings. The minimum absolute atomic E-state index is 0.0935. The normalized spacial score (nSPS) is 20.1. The lowest BCUT2D eigenvalue weighted by molar-refractivity contribution is -0.141. The van der Waals surface area contributed by atoms with Crippen LogP contribution in [-0.4, -0.2) is 40.7 Å². The van der Waals surface area contributed by atoms with Crippen LogP contribution in [0.2, 0.25) is 0 Å². The lowest BCUT2D eigenvalue weighted by atomic mass is 9.91. The number of methoxy groups -OCH3 is 1. The predicted molar refractivity (Wildman–Crippen MR) is 158 cm³/mol. The highest BCUT2D eigenvalue weighted by atomic mass is 19.1. The fourth-order valence-corrected chi connectivity index (χ4v) is 5.65. The number of aryl methyl sites for hydroxylation is 1. The van der Waals surface area contributed by atoms with E-state index in [2.05, 4.69) is 22.9 Å². The van der Waals surface area contributed by atoms with E-state index in [4.69, 9.17) is 9.47 Å². The van der Waals surface area contributed by atoms with Crippen molar-refractivity contribution in [1.29, 1.82) is 0 Å². The minimum atomic E-state index is -0.964. The van der Waals surface area contributed by atoms with Crippen LogP contribution >= 0.6 is 0 Å². The van der Waals surface area contributed by atoms with Gasteiger partial charge in [0.2, 0.25) is 5.88 Å². The second-order valence-corrected chi connectivity index (χ2v) is 11.8. The second kappa shape index (κ2) is 13.2. The van der Waals surface area contributed by atoms with Crippen LogP contribution in [0, 0.1) is 17.6 Å². The van der Waals surface area contributed by atoms with Gasteiger partial charge >= 0.3 is 5.97 Å². The van der Waals surface area contributed by atoms with Gasteiger partial charge in [-0.3, -0.25) is 9.69 Å². The molecule has 8 heteroatoms. The lowest BCUT2D eigenvalue weighted by Crippen LogP contribution is -2.26. The van der Waals surface area contributed by atoms with Gasteiger partial charge in [0.05, 0.1) is 19.2 Å². The number of carboxylic acids is 1. The average Bonchev–Trinajstić information content (AvgIpc) is 3.83. The van der Waals surface area contributed by atoms with Crippen LogP contribution in [0.1, 0.15) is 80.7 Å². The first-order chi connectivity index (χ1) is 20.2. The maximum absolute atomic E-state index is 15.5. The standard InChI is InChI=1S/C31H34F2N2O4.C3H6/c1-18(31(36)37)13-22-7-6-20-9-11-27(39-30(20)29(22)33)21-8-10-24(25-15-28(38-3)34-16-26(25)32)23(14-21)17-35-12-4-5-19(35)2;1-2-3-1/h6-8,10,14-16,18-19,27H,4-5,9,11-13,17H2,1-3H3,(H,36,37);1-3H2. The molecule has 42 heavy (non-hydrogen) atoms. The average molecular weight is 579 g/mol. The summed E-state index contributed by atoms with van der Waals surface area (Å²) in [6.07, 6.45) is 8.96. The molecule has 1 N–H and O–H groups in total. The SMILES string of the molecule is C1CC1.COc1cc(-c2ccc(C3CCc4ccc(CC(C)C(=O)O)c(F)c4O3)cc2CN2CCCC2C)c(F)cn1. The van der Waals surface area contributed by atoms with Crippen LogP contribution in [0.15, 0.2) is 42.6 Å². The van der Waals surface area contributed by atoms with E-state index in [9.17, 15) is 14.3 Å². The van der Waals surface area contributed by atoms with Gasteiger partial charge in [-0.2, -0.15) is 0 Å². The number of hydrogen-bond acceptors (Lipinski definition) is 5. The Hall–Kier alpha value is -3.52. The summed E-state index contributed by atoms with van der Waals surface area (Å²) in [6, 6.07) is 11.4. The predicted octanol–water partition coefficient (Wildman–Crippen LogP) is 7.52. The molecule has 0 amide bonds. The molecule has 2 aromatic carbocycles. The molecule has 1 saturated carbocycles. The van der Waals surface area contributed by atoms with Gasteiger partial charge in [-0.25, -0.2) is 13.8 Å². The molecule has 2 fully saturated rings. The van der Waals surface area contributed by atoms with Crippen molar-refractivity contribution in [1.82, 2.24) is 9.88 Å². The number of aromatic nitrogens is 1. The number of pyridine rings is 1. The molecule has 3 heterocycles. The van der Waals surface area contributed by atoms with E-state index in [1.54, 1.807) is 19.1 Å². The lowest BCUT2D eigenvalue weighted by Gasteiger charge is -2.29. The zero-order valence-corrected chi connectivity index (χ0v) is 24.7. The van der Waals surface area contributed by atoms with Gasteiger partial charge in [-0.1, -0.05) is 56.5 Å². The Kier molecular flexibility index (Phi) is 9.41. The number of carboxylic acid groups (broad SMARTS) is 1. The summed E-state index contributed by atoms with van der Waals surface area (Å²) in [6.45, 7) is 5.40. The van der Waals surface area contributed by atoms with Crippen molar-refractivity contribution in [2.24, 2.45) is 5.92 Å². The van der Waals surface area contributed by atoms with Gasteiger partial charge in [0.25, 0.3) is 0 Å². The monoisotopic (exact) mass is 578 g/mol. The van der Waals surface area contributed by atoms with Gasteiger partial charge < -0.3 is 14.6 Å². The van der Waals surface area contributed by atoms with Crippen molar-refractivity contribution in [2.45, 2.75) is 83.9 Å². The third kappa shape index (κ3) is 6.92. The van der Waals surface area contributed by atoms with Gasteiger partial charge in [0, 0.05) is 24.2 Å². The van der Waals surface area contributed by atoms with E-state index in [0.717, 1.165) is 41.6 Å². The van der Waals surface area contributed by atoms with E-state index in [1.807, 2.05) is 18.2 Å². The smallest absolute Gasteiger partial charge is 0.306 e. The van der Waals surface area contributed by atoms with Crippen LogP contribution in [0.3, 0.4) is 0 Å². The molecule has 3 unspecified atom stereocenters. The second-order valence-electron chi connectivity index (χ2n) is 11.8. The first kappa shape index (κ1) is 30.0. The van der Waals surface area contributed by atoms with Crippen LogP contribution in [0.25, 0.3) is 11.1 Å². The van der Waals surface area contributed by atoms with E-state index in [1.165, 1.54) is 32.6 Å². The van der Waals surface area contributed by atoms with E-state index < -0.39 is 23.5 Å². The van der Waals surface area contributed by atoms with Crippen molar-refractivity contribution in [3.8, 4) is 22.8 Å². The zero-order valence-electron chi connectivity index (χ0n) is 24.7. The number of hydrogen-bond donors (Lipinski definition) is 1. The Bertz CT molecular complexity index is 1420. The van der Waals surface area contributed by atoms with E-state index >= 15 is 4.39 Å². The summed E-state index contributed by atoms with van der Waals surface area (Å²) in [4.78, 5) is 17.7. The van der Waals surface area contributed by atoms with E-state index in [0.29, 0.717) is 42.4 Å². The van der Waals surface area contributed by atoms with Gasteiger partial charge in [0.15, 0.2) is 11.6 Å². The highest BCUT2D eigenvalue weighted by molar-refractivity contribution is 5.70. The molecule has 6 rings (SSSR count). The van der Waals surface area contributed by atoms with Gasteiger partial charge in [0.1, 0.15) is 11.9 Å². The zero-order chi connectivity index (χ0) is 29.8. The number of aliphatic carboxylic acids is 1. The summed E-state index contributed by atoms with van der Waals surface area (Å²) in [5.41, 5.74) is 4.18. The first-order valence-corrected chi connectivity index (χ1v) is 15.0. The molecular formula is C34H40F2N2O4. The number of ether oxygens (including phenoxy) is 2. The number of nitrogens with zero attached hydrogens (tertiary/aromatic N) is 2. The molecule has 0 spiro atoms. The molecule has 1 saturated heterocycles. The molecule has 3 atom stereocenters. The quantitative estimate of drug-likeness (QED) is 0.298. The summed E-state index contributed by atoms with van der Waals surface area (Å²) < 4.78 is 41.9. The molecule has 2 aliphatic heterocycles. The van der Waals surface area contributed by atoms with Crippen LogP contribution < -0.4 is 9.47 Å². The number of halogens is 2. The Morgan fingerprint density at radius 1 is 1.10 bits per heavy atom. The molecule has 6 nitrogen and oxygen atoms in total. The molecule has 0 radical (unpaired) electrons. The topological polar surface area (TPSA) is 71.9 Å². The molecule has 1 aromatic heterocycles. The number of fused-ring (bicyclic) bond motifs is 1. The van der Waals surface area contributed by atoms with Gasteiger partial charge in [-0.15, -0.1) is 0 Å². The van der Waals surface area contributed by atoms with Crippen molar-refractivity contribution >= 4 is 5.97 Å². The van der Waals surface area contributed by atoms with Gasteiger partial charge in [-0.05, 0) is 73.4 Å². The highest BCUT2D eigenvalue weighted by Crippen LogP contribution is 2.40. The third-order valence-corrected chi connectivity index (χ3v) is 8.39. The van der Waals surface area contributed by atoms with Crippen LogP contribution in [-0.2, 0) is 24.2 Å². The Labute approximate surface area is 246 Å². The molecule has 0 bridgehead atoms. The Balaban J connectivity index is 0.00000110. The maximum Gasteiger partial charge on any atom is 0.306 e. The van der Waals surface area contributed by atoms with Crippen molar-refractivity contribution in [3.63, 3.8) is 0 Å². The largest absolute Gasteiger partial charge is 0.482 e. The molecule has 1 aliphatic carbocycles.